The zero-order valence-electron chi connectivity index (χ0n) is 25.4. The second kappa shape index (κ2) is 13.8. The fourth-order valence-corrected chi connectivity index (χ4v) is 7.87. The molecule has 4 aliphatic carbocycles. The van der Waals surface area contributed by atoms with Gasteiger partial charge >= 0.3 is 0 Å². The summed E-state index contributed by atoms with van der Waals surface area (Å²) in [5, 5.41) is 20.6. The van der Waals surface area contributed by atoms with Crippen molar-refractivity contribution in [1.82, 2.24) is 21.3 Å². The lowest BCUT2D eigenvalue weighted by atomic mass is 9.49. The quantitative estimate of drug-likeness (QED) is 0.205. The molecule has 4 saturated carbocycles. The minimum atomic E-state index is -0.956. The third kappa shape index (κ3) is 8.16. The van der Waals surface area contributed by atoms with Crippen molar-refractivity contribution in [2.75, 3.05) is 13.1 Å². The average molecular weight is 604 g/mol. The van der Waals surface area contributed by atoms with Crippen molar-refractivity contribution in [1.29, 1.82) is 0 Å². The molecule has 0 unspecified atom stereocenters. The fraction of sp³-hybridized carbons (Fsp3) is 0.529. The molecule has 6 rings (SSSR count). The lowest BCUT2D eigenvalue weighted by Crippen LogP contribution is -2.56. The van der Waals surface area contributed by atoms with Crippen LogP contribution in [0.1, 0.15) is 56.6 Å². The molecule has 10 nitrogen and oxygen atoms in total. The Balaban J connectivity index is 1.12. The van der Waals surface area contributed by atoms with Crippen LogP contribution in [0.3, 0.4) is 0 Å². The molecule has 236 valence electrons. The van der Waals surface area contributed by atoms with E-state index in [0.29, 0.717) is 6.54 Å². The van der Waals surface area contributed by atoms with Gasteiger partial charge in [-0.3, -0.25) is 19.2 Å². The molecule has 3 atom stereocenters. The number of phenols is 1. The van der Waals surface area contributed by atoms with Gasteiger partial charge in [0.1, 0.15) is 17.8 Å². The van der Waals surface area contributed by atoms with E-state index in [1.165, 1.54) is 57.6 Å². The number of carbonyl (C=O) groups is 4. The van der Waals surface area contributed by atoms with E-state index < -0.39 is 35.8 Å². The van der Waals surface area contributed by atoms with E-state index in [9.17, 15) is 24.3 Å². The van der Waals surface area contributed by atoms with E-state index in [1.54, 1.807) is 12.1 Å². The van der Waals surface area contributed by atoms with Crippen molar-refractivity contribution in [3.63, 3.8) is 0 Å². The van der Waals surface area contributed by atoms with Gasteiger partial charge in [-0.15, -0.1) is 0 Å². The minimum absolute atomic E-state index is 0.115. The summed E-state index contributed by atoms with van der Waals surface area (Å²) in [6.45, 7) is 2.00. The van der Waals surface area contributed by atoms with E-state index in [1.807, 2.05) is 30.3 Å². The van der Waals surface area contributed by atoms with Crippen LogP contribution in [0.2, 0.25) is 0 Å². The number of rotatable bonds is 13. The van der Waals surface area contributed by atoms with Crippen LogP contribution in [0.25, 0.3) is 0 Å². The molecule has 4 fully saturated rings. The smallest absolute Gasteiger partial charge is 0.243 e. The summed E-state index contributed by atoms with van der Waals surface area (Å²) in [5.41, 5.74) is 7.86. The summed E-state index contributed by atoms with van der Waals surface area (Å²) in [6.07, 6.45) is 8.03. The monoisotopic (exact) mass is 603 g/mol. The molecule has 4 aliphatic rings. The molecular formula is C34H45N5O5. The van der Waals surface area contributed by atoms with Crippen LogP contribution in [0.15, 0.2) is 54.6 Å². The molecule has 0 heterocycles. The number of hydrogen-bond donors (Lipinski definition) is 6. The molecule has 0 saturated heterocycles. The predicted octanol–water partition coefficient (Wildman–Crippen LogP) is 1.94. The minimum Gasteiger partial charge on any atom is -0.508 e. The Morgan fingerprint density at radius 3 is 2.00 bits per heavy atom. The molecule has 7 N–H and O–H groups in total. The van der Waals surface area contributed by atoms with Gasteiger partial charge in [-0.2, -0.15) is 0 Å². The molecule has 0 radical (unpaired) electrons. The van der Waals surface area contributed by atoms with Crippen LogP contribution in [-0.2, 0) is 32.0 Å². The number of phenolic OH excluding ortho intramolecular Hbond substituents is 1. The molecule has 2 aromatic rings. The lowest BCUT2D eigenvalue weighted by molar-refractivity contribution is -0.132. The van der Waals surface area contributed by atoms with Crippen LogP contribution in [0, 0.1) is 23.2 Å². The largest absolute Gasteiger partial charge is 0.508 e. The highest BCUT2D eigenvalue weighted by Crippen LogP contribution is 2.59. The van der Waals surface area contributed by atoms with Gasteiger partial charge in [0, 0.05) is 13.0 Å². The fourth-order valence-electron chi connectivity index (χ4n) is 7.87. The van der Waals surface area contributed by atoms with E-state index >= 15 is 0 Å². The first kappa shape index (κ1) is 31.5. The molecule has 4 amide bonds. The SMILES string of the molecule is C[C@@H](NC(=O)[C@@H](N)Cc1ccc(O)cc1)C(=O)N[C@@H](Cc1ccccc1)C(=O)NCC(=O)NCC12CC3CC(CC(C3)C1)C2. The standard InChI is InChI=1S/C34H45N5O5/c1-21(38-32(43)28(35)14-23-7-9-27(40)10-8-23)31(42)39-29(15-22-5-3-2-4-6-22)33(44)36-19-30(41)37-20-34-16-24-11-25(17-34)13-26(12-24)18-34/h2-10,21,24-26,28-29,40H,11-20,35H2,1H3,(H,36,44)(H,37,41)(H,38,43)(H,39,42)/t21-,24?,25?,26?,28+,29+,34?/m1/s1. The van der Waals surface area contributed by atoms with Crippen molar-refractivity contribution in [2.45, 2.75) is 76.4 Å². The maximum atomic E-state index is 13.3. The van der Waals surface area contributed by atoms with E-state index in [0.717, 1.165) is 28.9 Å². The van der Waals surface area contributed by atoms with Gasteiger partial charge in [0.2, 0.25) is 23.6 Å². The van der Waals surface area contributed by atoms with Crippen molar-refractivity contribution < 1.29 is 24.3 Å². The zero-order valence-corrected chi connectivity index (χ0v) is 25.4. The maximum Gasteiger partial charge on any atom is 0.243 e. The van der Waals surface area contributed by atoms with E-state index in [-0.39, 0.29) is 36.5 Å². The highest BCUT2D eigenvalue weighted by molar-refractivity contribution is 5.94. The van der Waals surface area contributed by atoms with Crippen LogP contribution in [-0.4, -0.2) is 60.0 Å². The van der Waals surface area contributed by atoms with Crippen LogP contribution in [0.4, 0.5) is 0 Å². The predicted molar refractivity (Wildman–Crippen MR) is 166 cm³/mol. The molecule has 0 spiro atoms. The summed E-state index contributed by atoms with van der Waals surface area (Å²) < 4.78 is 0. The van der Waals surface area contributed by atoms with Crippen molar-refractivity contribution in [3.05, 3.63) is 65.7 Å². The Bertz CT molecular complexity index is 1300. The Morgan fingerprint density at radius 2 is 1.39 bits per heavy atom. The number of nitrogens with two attached hydrogens (primary N) is 1. The summed E-state index contributed by atoms with van der Waals surface area (Å²) >= 11 is 0. The first-order chi connectivity index (χ1) is 21.1. The Kier molecular flexibility index (Phi) is 9.88. The Hall–Kier alpha value is -3.92. The third-order valence-electron chi connectivity index (χ3n) is 9.65. The first-order valence-electron chi connectivity index (χ1n) is 15.8. The molecule has 10 heteroatoms. The number of amides is 4. The molecular weight excluding hydrogens is 558 g/mol. The van der Waals surface area contributed by atoms with E-state index in [4.69, 9.17) is 5.73 Å². The number of carbonyl (C=O) groups excluding carboxylic acids is 4. The van der Waals surface area contributed by atoms with Gasteiger partial charge < -0.3 is 32.1 Å². The normalized spacial score (nSPS) is 25.4. The van der Waals surface area contributed by atoms with Crippen molar-refractivity contribution in [3.8, 4) is 5.75 Å². The molecule has 44 heavy (non-hydrogen) atoms. The van der Waals surface area contributed by atoms with Gasteiger partial charge in [0.15, 0.2) is 0 Å². The zero-order chi connectivity index (χ0) is 31.3. The van der Waals surface area contributed by atoms with Gasteiger partial charge in [-0.25, -0.2) is 0 Å². The van der Waals surface area contributed by atoms with Crippen LogP contribution >= 0.6 is 0 Å². The van der Waals surface area contributed by atoms with Crippen molar-refractivity contribution >= 4 is 23.6 Å². The number of nitrogens with one attached hydrogen (secondary N) is 4. The summed E-state index contributed by atoms with van der Waals surface area (Å²) in [7, 11) is 0. The van der Waals surface area contributed by atoms with Crippen LogP contribution in [0.5, 0.6) is 5.75 Å². The summed E-state index contributed by atoms with van der Waals surface area (Å²) in [4.78, 5) is 51.8. The Morgan fingerprint density at radius 1 is 0.795 bits per heavy atom. The lowest BCUT2D eigenvalue weighted by Gasteiger charge is -2.56. The van der Waals surface area contributed by atoms with Gasteiger partial charge in [-0.05, 0) is 98.3 Å². The summed E-state index contributed by atoms with van der Waals surface area (Å²) in [5.74, 6) is 0.728. The topological polar surface area (TPSA) is 163 Å². The van der Waals surface area contributed by atoms with Crippen LogP contribution < -0.4 is 27.0 Å². The molecule has 0 aliphatic heterocycles. The second-order valence-electron chi connectivity index (χ2n) is 13.4. The third-order valence-corrected chi connectivity index (χ3v) is 9.65. The number of hydrogen-bond acceptors (Lipinski definition) is 6. The highest BCUT2D eigenvalue weighted by atomic mass is 16.3. The highest BCUT2D eigenvalue weighted by Gasteiger charge is 2.50. The molecule has 2 aromatic carbocycles. The van der Waals surface area contributed by atoms with Gasteiger partial charge in [-0.1, -0.05) is 42.5 Å². The van der Waals surface area contributed by atoms with E-state index in [2.05, 4.69) is 21.3 Å². The van der Waals surface area contributed by atoms with Gasteiger partial charge in [0.25, 0.3) is 0 Å². The summed E-state index contributed by atoms with van der Waals surface area (Å²) in [6, 6.07) is 12.8. The molecule has 4 bridgehead atoms. The first-order valence-corrected chi connectivity index (χ1v) is 15.8. The second-order valence-corrected chi connectivity index (χ2v) is 13.4. The number of aromatic hydroxyl groups is 1. The molecule has 0 aromatic heterocycles. The van der Waals surface area contributed by atoms with Gasteiger partial charge in [0.05, 0.1) is 12.6 Å². The average Bonchev–Trinajstić information content (AvgIpc) is 2.99. The Labute approximate surface area is 258 Å². The number of benzene rings is 2. The van der Waals surface area contributed by atoms with Crippen molar-refractivity contribution in [2.24, 2.45) is 28.9 Å². The maximum absolute atomic E-state index is 13.3.